The number of hydrogen-bond acceptors (Lipinski definition) is 8. The number of phenolic OH excluding ortho intramolecular Hbond substituents is 1. The number of carbonyl (C=O) groups is 3. The minimum Gasteiger partial charge on any atom is -0.507 e. The summed E-state index contributed by atoms with van der Waals surface area (Å²) in [6, 6.07) is 12.2. The van der Waals surface area contributed by atoms with Gasteiger partial charge in [-0.3, -0.25) is 18.8 Å². The SMILES string of the molecule is COc1ccc2cc1C(=O)NCCCN(C(=O)c1nnc3nc(C)ccn13)CCCC(=O)NCCc1ccc(O)c-2c1. The number of phenols is 1. The Morgan fingerprint density at radius 1 is 0.952 bits per heavy atom. The number of ether oxygens (including phenoxy) is 1. The summed E-state index contributed by atoms with van der Waals surface area (Å²) in [7, 11) is 1.49. The van der Waals surface area contributed by atoms with Crippen LogP contribution in [0.4, 0.5) is 0 Å². The summed E-state index contributed by atoms with van der Waals surface area (Å²) >= 11 is 0. The van der Waals surface area contributed by atoms with Crippen LogP contribution >= 0.6 is 0 Å². The van der Waals surface area contributed by atoms with Crippen molar-refractivity contribution in [1.82, 2.24) is 35.1 Å². The molecule has 5 rings (SSSR count). The van der Waals surface area contributed by atoms with Crippen LogP contribution in [0.1, 0.15) is 51.5 Å². The quantitative estimate of drug-likeness (QED) is 0.332. The van der Waals surface area contributed by atoms with E-state index in [9.17, 15) is 19.5 Å². The average Bonchev–Trinajstić information content (AvgIpc) is 3.41. The lowest BCUT2D eigenvalue weighted by molar-refractivity contribution is -0.121. The lowest BCUT2D eigenvalue weighted by Gasteiger charge is -2.22. The Labute approximate surface area is 242 Å². The first kappa shape index (κ1) is 28.5. The van der Waals surface area contributed by atoms with Gasteiger partial charge in [0.05, 0.1) is 12.7 Å². The summed E-state index contributed by atoms with van der Waals surface area (Å²) in [6.07, 6.45) is 3.42. The zero-order valence-corrected chi connectivity index (χ0v) is 23.6. The average molecular weight is 572 g/mol. The van der Waals surface area contributed by atoms with Gasteiger partial charge in [-0.05, 0) is 67.6 Å². The van der Waals surface area contributed by atoms with Crippen molar-refractivity contribution >= 4 is 23.5 Å². The Hall–Kier alpha value is -5.00. The van der Waals surface area contributed by atoms with Crippen LogP contribution in [-0.2, 0) is 11.2 Å². The predicted molar refractivity (Wildman–Crippen MR) is 154 cm³/mol. The van der Waals surface area contributed by atoms with Gasteiger partial charge in [0, 0.05) is 50.1 Å². The molecule has 12 nitrogen and oxygen atoms in total. The van der Waals surface area contributed by atoms with Crippen molar-refractivity contribution in [3.63, 3.8) is 0 Å². The van der Waals surface area contributed by atoms with E-state index in [1.165, 1.54) is 7.11 Å². The second-order valence-electron chi connectivity index (χ2n) is 10.1. The smallest absolute Gasteiger partial charge is 0.292 e. The molecule has 0 spiro atoms. The number of hydrogen-bond donors (Lipinski definition) is 3. The summed E-state index contributed by atoms with van der Waals surface area (Å²) < 4.78 is 6.98. The summed E-state index contributed by atoms with van der Waals surface area (Å²) in [5.74, 6) is 0.173. The molecule has 2 aromatic carbocycles. The van der Waals surface area contributed by atoms with Crippen molar-refractivity contribution in [1.29, 1.82) is 0 Å². The van der Waals surface area contributed by atoms with E-state index in [1.807, 2.05) is 13.0 Å². The molecule has 0 aliphatic carbocycles. The number of aryl methyl sites for hydroxylation is 1. The van der Waals surface area contributed by atoms with E-state index < -0.39 is 0 Å². The first-order chi connectivity index (χ1) is 20.3. The van der Waals surface area contributed by atoms with E-state index in [1.54, 1.807) is 51.9 Å². The second-order valence-corrected chi connectivity index (χ2v) is 10.1. The minimum absolute atomic E-state index is 0.0846. The van der Waals surface area contributed by atoms with Crippen LogP contribution < -0.4 is 15.4 Å². The molecule has 2 aromatic heterocycles. The molecule has 1 aliphatic heterocycles. The van der Waals surface area contributed by atoms with Crippen LogP contribution in [0, 0.1) is 6.92 Å². The summed E-state index contributed by atoms with van der Waals surface area (Å²) in [5, 5.41) is 24.5. The van der Waals surface area contributed by atoms with Crippen LogP contribution in [-0.4, -0.2) is 80.6 Å². The molecule has 0 saturated carbocycles. The van der Waals surface area contributed by atoms with Gasteiger partial charge < -0.3 is 25.4 Å². The van der Waals surface area contributed by atoms with Gasteiger partial charge in [-0.2, -0.15) is 0 Å². The topological polar surface area (TPSA) is 151 Å². The largest absolute Gasteiger partial charge is 0.507 e. The first-order valence-corrected chi connectivity index (χ1v) is 13.9. The normalized spacial score (nSPS) is 15.2. The lowest BCUT2D eigenvalue weighted by atomic mass is 9.98. The number of fused-ring (bicyclic) bond motifs is 6. The van der Waals surface area contributed by atoms with Gasteiger partial charge in [0.2, 0.25) is 11.7 Å². The maximum Gasteiger partial charge on any atom is 0.292 e. The van der Waals surface area contributed by atoms with E-state index in [2.05, 4.69) is 25.8 Å². The predicted octanol–water partition coefficient (Wildman–Crippen LogP) is 2.53. The third-order valence-electron chi connectivity index (χ3n) is 7.17. The van der Waals surface area contributed by atoms with Crippen LogP contribution in [0.2, 0.25) is 0 Å². The van der Waals surface area contributed by atoms with Gasteiger partial charge in [0.15, 0.2) is 0 Å². The molecule has 0 unspecified atom stereocenters. The fraction of sp³-hybridized carbons (Fsp3) is 0.333. The number of aromatic nitrogens is 4. The number of nitrogens with zero attached hydrogens (tertiary/aromatic N) is 5. The van der Waals surface area contributed by atoms with E-state index in [0.717, 1.165) is 11.3 Å². The molecular formula is C30H33N7O5. The fourth-order valence-electron chi connectivity index (χ4n) is 4.93. The molecule has 0 radical (unpaired) electrons. The van der Waals surface area contributed by atoms with E-state index in [0.29, 0.717) is 73.7 Å². The second kappa shape index (κ2) is 12.7. The first-order valence-electron chi connectivity index (χ1n) is 13.9. The minimum atomic E-state index is -0.334. The van der Waals surface area contributed by atoms with E-state index in [4.69, 9.17) is 4.74 Å². The third-order valence-corrected chi connectivity index (χ3v) is 7.17. The van der Waals surface area contributed by atoms with Crippen molar-refractivity contribution in [2.75, 3.05) is 33.3 Å². The Kier molecular flexibility index (Phi) is 8.60. The Morgan fingerprint density at radius 2 is 1.79 bits per heavy atom. The van der Waals surface area contributed by atoms with Crippen LogP contribution in [0.3, 0.4) is 0 Å². The maximum absolute atomic E-state index is 13.5. The van der Waals surface area contributed by atoms with Crippen LogP contribution in [0.15, 0.2) is 48.7 Å². The maximum atomic E-state index is 13.5. The highest BCUT2D eigenvalue weighted by molar-refractivity contribution is 5.98. The van der Waals surface area contributed by atoms with Crippen molar-refractivity contribution in [2.24, 2.45) is 0 Å². The monoisotopic (exact) mass is 571 g/mol. The zero-order valence-electron chi connectivity index (χ0n) is 23.6. The molecule has 218 valence electrons. The van der Waals surface area contributed by atoms with Crippen LogP contribution in [0.25, 0.3) is 16.9 Å². The van der Waals surface area contributed by atoms with Gasteiger partial charge in [-0.25, -0.2) is 4.98 Å². The van der Waals surface area contributed by atoms with Crippen LogP contribution in [0.5, 0.6) is 11.5 Å². The molecule has 3 amide bonds. The standard InChI is InChI=1S/C30H33N7O5/c1-19-11-16-37-27(34-35-30(37)33-19)29(41)36-14-3-5-26(39)31-13-10-20-6-8-24(38)22(17-20)21-7-9-25(42-2)23(18-21)28(40)32-12-4-15-36/h6-9,11,16-18,38H,3-5,10,12-15H2,1-2H3,(H,31,39)(H,32,40). The van der Waals surface area contributed by atoms with Gasteiger partial charge in [-0.1, -0.05) is 12.1 Å². The molecule has 12 heteroatoms. The molecular weight excluding hydrogens is 538 g/mol. The summed E-state index contributed by atoms with van der Waals surface area (Å²) in [5.41, 5.74) is 3.24. The molecule has 0 fully saturated rings. The highest BCUT2D eigenvalue weighted by atomic mass is 16.5. The number of nitrogens with one attached hydrogen (secondary N) is 2. The third kappa shape index (κ3) is 6.32. The molecule has 1 aliphatic rings. The number of methoxy groups -OCH3 is 1. The number of carbonyl (C=O) groups excluding carboxylic acids is 3. The van der Waals surface area contributed by atoms with Crippen molar-refractivity contribution in [2.45, 2.75) is 32.6 Å². The molecule has 3 N–H and O–H groups in total. The molecule has 0 atom stereocenters. The summed E-state index contributed by atoms with van der Waals surface area (Å²) in [6.45, 7) is 3.19. The summed E-state index contributed by atoms with van der Waals surface area (Å²) in [4.78, 5) is 45.3. The van der Waals surface area contributed by atoms with Gasteiger partial charge in [0.1, 0.15) is 11.5 Å². The number of benzene rings is 2. The van der Waals surface area contributed by atoms with E-state index in [-0.39, 0.29) is 35.7 Å². The molecule has 3 heterocycles. The Bertz CT molecular complexity index is 1630. The highest BCUT2D eigenvalue weighted by Crippen LogP contribution is 2.33. The number of rotatable bonds is 2. The van der Waals surface area contributed by atoms with Gasteiger partial charge in [-0.15, -0.1) is 10.2 Å². The van der Waals surface area contributed by atoms with Crippen molar-refractivity contribution < 1.29 is 24.2 Å². The zero-order chi connectivity index (χ0) is 29.6. The molecule has 0 saturated heterocycles. The lowest BCUT2D eigenvalue weighted by Crippen LogP contribution is -2.37. The highest BCUT2D eigenvalue weighted by Gasteiger charge is 2.22. The Balaban J connectivity index is 1.39. The molecule has 42 heavy (non-hydrogen) atoms. The van der Waals surface area contributed by atoms with Crippen molar-refractivity contribution in [3.05, 3.63) is 71.3 Å². The van der Waals surface area contributed by atoms with Gasteiger partial charge in [0.25, 0.3) is 17.6 Å². The molecule has 4 bridgehead atoms. The fourth-order valence-corrected chi connectivity index (χ4v) is 4.93. The molecule has 4 aromatic rings. The number of aromatic hydroxyl groups is 1. The van der Waals surface area contributed by atoms with Crippen molar-refractivity contribution in [3.8, 4) is 22.6 Å². The Morgan fingerprint density at radius 3 is 2.62 bits per heavy atom. The van der Waals surface area contributed by atoms with Gasteiger partial charge >= 0.3 is 0 Å². The number of amides is 3. The van der Waals surface area contributed by atoms with E-state index >= 15 is 0 Å².